The highest BCUT2D eigenvalue weighted by Gasteiger charge is 2.19. The summed E-state index contributed by atoms with van der Waals surface area (Å²) in [5, 5.41) is 17.6. The molecule has 0 aliphatic rings. The summed E-state index contributed by atoms with van der Waals surface area (Å²) in [6.45, 7) is 0.789. The van der Waals surface area contributed by atoms with Crippen LogP contribution >= 0.6 is 0 Å². The lowest BCUT2D eigenvalue weighted by atomic mass is 10.3. The topological polar surface area (TPSA) is 105 Å². The zero-order valence-electron chi connectivity index (χ0n) is 10.00. The minimum absolute atomic E-state index is 0.0814. The van der Waals surface area contributed by atoms with Gasteiger partial charge in [0, 0.05) is 26.0 Å². The molecule has 0 saturated heterocycles. The summed E-state index contributed by atoms with van der Waals surface area (Å²) in [5.41, 5.74) is 0. The third-order valence-electron chi connectivity index (χ3n) is 2.12. The van der Waals surface area contributed by atoms with Gasteiger partial charge in [-0.2, -0.15) is 5.10 Å². The van der Waals surface area contributed by atoms with Crippen molar-refractivity contribution in [2.24, 2.45) is 0 Å². The Morgan fingerprint density at radius 2 is 2.33 bits per heavy atom. The lowest BCUT2D eigenvalue weighted by Crippen LogP contribution is -2.48. The van der Waals surface area contributed by atoms with E-state index in [4.69, 9.17) is 9.84 Å². The second-order valence-electron chi connectivity index (χ2n) is 3.52. The van der Waals surface area contributed by atoms with Gasteiger partial charge in [0.2, 0.25) is 0 Å². The molecule has 0 bridgehead atoms. The van der Waals surface area contributed by atoms with E-state index in [1.165, 1.54) is 7.11 Å². The van der Waals surface area contributed by atoms with Gasteiger partial charge in [-0.25, -0.2) is 9.59 Å². The lowest BCUT2D eigenvalue weighted by molar-refractivity contribution is -0.140. The fourth-order valence-corrected chi connectivity index (χ4v) is 1.27. The number of urea groups is 1. The number of ether oxygens (including phenoxy) is 1. The molecular weight excluding hydrogens is 240 g/mol. The van der Waals surface area contributed by atoms with Gasteiger partial charge in [-0.05, 0) is 6.07 Å². The zero-order chi connectivity index (χ0) is 13.4. The molecule has 8 heteroatoms. The highest BCUT2D eigenvalue weighted by molar-refractivity contribution is 5.82. The second-order valence-corrected chi connectivity index (χ2v) is 3.52. The molecule has 3 N–H and O–H groups in total. The van der Waals surface area contributed by atoms with Gasteiger partial charge in [-0.3, -0.25) is 4.68 Å². The molecule has 0 saturated carbocycles. The van der Waals surface area contributed by atoms with E-state index in [1.54, 1.807) is 23.1 Å². The first kappa shape index (κ1) is 14.0. The normalized spacial score (nSPS) is 11.8. The average molecular weight is 256 g/mol. The monoisotopic (exact) mass is 256 g/mol. The van der Waals surface area contributed by atoms with Gasteiger partial charge in [-0.15, -0.1) is 0 Å². The summed E-state index contributed by atoms with van der Waals surface area (Å²) in [7, 11) is 1.37. The van der Waals surface area contributed by atoms with E-state index < -0.39 is 18.0 Å². The van der Waals surface area contributed by atoms with Crippen LogP contribution in [-0.2, 0) is 16.1 Å². The number of rotatable bonds is 7. The molecule has 0 fully saturated rings. The molecule has 0 spiro atoms. The zero-order valence-corrected chi connectivity index (χ0v) is 10.00. The molecule has 1 rings (SSSR count). The van der Waals surface area contributed by atoms with Crippen molar-refractivity contribution in [2.45, 2.75) is 12.6 Å². The van der Waals surface area contributed by atoms with Crippen LogP contribution in [0.25, 0.3) is 0 Å². The Labute approximate surface area is 104 Å². The Bertz CT molecular complexity index is 379. The summed E-state index contributed by atoms with van der Waals surface area (Å²) in [6, 6.07) is 0.172. The standard InChI is InChI=1S/C10H16N4O4/c1-18-7-8(9(15)16)13-10(17)11-4-6-14-5-2-3-12-14/h2-3,5,8H,4,6-7H2,1H3,(H,15,16)(H2,11,13,17). The van der Waals surface area contributed by atoms with Crippen LogP contribution in [0.15, 0.2) is 18.5 Å². The Morgan fingerprint density at radius 3 is 2.89 bits per heavy atom. The van der Waals surface area contributed by atoms with Crippen molar-refractivity contribution in [3.05, 3.63) is 18.5 Å². The largest absolute Gasteiger partial charge is 0.480 e. The quantitative estimate of drug-likeness (QED) is 0.597. The molecule has 8 nitrogen and oxygen atoms in total. The predicted octanol–water partition coefficient (Wildman–Crippen LogP) is -0.718. The maximum atomic E-state index is 11.4. The molecule has 0 aliphatic carbocycles. The van der Waals surface area contributed by atoms with Crippen LogP contribution in [0.2, 0.25) is 0 Å². The van der Waals surface area contributed by atoms with E-state index in [0.29, 0.717) is 13.1 Å². The third kappa shape index (κ3) is 4.83. The molecule has 1 heterocycles. The van der Waals surface area contributed by atoms with Crippen molar-refractivity contribution in [2.75, 3.05) is 20.3 Å². The van der Waals surface area contributed by atoms with Crippen molar-refractivity contribution in [3.8, 4) is 0 Å². The van der Waals surface area contributed by atoms with Crippen molar-refractivity contribution < 1.29 is 19.4 Å². The summed E-state index contributed by atoms with van der Waals surface area (Å²) in [6.07, 6.45) is 3.41. The van der Waals surface area contributed by atoms with Gasteiger partial charge in [-0.1, -0.05) is 0 Å². The summed E-state index contributed by atoms with van der Waals surface area (Å²) in [4.78, 5) is 22.1. The molecule has 1 unspecified atom stereocenters. The first-order valence-electron chi connectivity index (χ1n) is 5.37. The number of carbonyl (C=O) groups excluding carboxylic acids is 1. The first-order chi connectivity index (χ1) is 8.63. The number of methoxy groups -OCH3 is 1. The van der Waals surface area contributed by atoms with E-state index in [1.807, 2.05) is 0 Å². The van der Waals surface area contributed by atoms with Crippen molar-refractivity contribution in [1.82, 2.24) is 20.4 Å². The number of aromatic nitrogens is 2. The Morgan fingerprint density at radius 1 is 1.56 bits per heavy atom. The Kier molecular flexibility index (Phi) is 5.65. The number of aliphatic carboxylic acids is 1. The number of amides is 2. The van der Waals surface area contributed by atoms with Crippen molar-refractivity contribution >= 4 is 12.0 Å². The van der Waals surface area contributed by atoms with Crippen LogP contribution in [0.3, 0.4) is 0 Å². The number of nitrogens with zero attached hydrogens (tertiary/aromatic N) is 2. The van der Waals surface area contributed by atoms with Crippen LogP contribution in [0, 0.1) is 0 Å². The van der Waals surface area contributed by atoms with E-state index in [0.717, 1.165) is 0 Å². The summed E-state index contributed by atoms with van der Waals surface area (Å²) in [5.74, 6) is -1.14. The Hall–Kier alpha value is -2.09. The predicted molar refractivity (Wildman–Crippen MR) is 62.1 cm³/mol. The lowest BCUT2D eigenvalue weighted by Gasteiger charge is -2.14. The Balaban J connectivity index is 2.25. The van der Waals surface area contributed by atoms with Crippen molar-refractivity contribution in [3.63, 3.8) is 0 Å². The summed E-state index contributed by atoms with van der Waals surface area (Å²) >= 11 is 0. The first-order valence-corrected chi connectivity index (χ1v) is 5.37. The fraction of sp³-hybridized carbons (Fsp3) is 0.500. The van der Waals surface area contributed by atoms with Gasteiger partial charge >= 0.3 is 12.0 Å². The number of carboxylic acid groups (broad SMARTS) is 1. The third-order valence-corrected chi connectivity index (χ3v) is 2.12. The molecule has 0 aromatic carbocycles. The number of nitrogens with one attached hydrogen (secondary N) is 2. The second kappa shape index (κ2) is 7.28. The van der Waals surface area contributed by atoms with Gasteiger partial charge in [0.1, 0.15) is 0 Å². The molecule has 2 amide bonds. The van der Waals surface area contributed by atoms with Crippen LogP contribution in [0.5, 0.6) is 0 Å². The van der Waals surface area contributed by atoms with E-state index in [9.17, 15) is 9.59 Å². The molecule has 1 aromatic rings. The maximum Gasteiger partial charge on any atom is 0.328 e. The van der Waals surface area contributed by atoms with Gasteiger partial charge in [0.05, 0.1) is 13.2 Å². The summed E-state index contributed by atoms with van der Waals surface area (Å²) < 4.78 is 6.35. The van der Waals surface area contributed by atoms with E-state index >= 15 is 0 Å². The smallest absolute Gasteiger partial charge is 0.328 e. The average Bonchev–Trinajstić information content (AvgIpc) is 2.81. The number of hydrogen-bond acceptors (Lipinski definition) is 4. The van der Waals surface area contributed by atoms with E-state index in [2.05, 4.69) is 15.7 Å². The maximum absolute atomic E-state index is 11.4. The van der Waals surface area contributed by atoms with Crippen LogP contribution in [0.1, 0.15) is 0 Å². The number of carbonyl (C=O) groups is 2. The fourth-order valence-electron chi connectivity index (χ4n) is 1.27. The minimum Gasteiger partial charge on any atom is -0.480 e. The molecule has 1 aromatic heterocycles. The SMILES string of the molecule is COCC(NC(=O)NCCn1cccn1)C(=O)O. The highest BCUT2D eigenvalue weighted by Crippen LogP contribution is 1.86. The molecule has 18 heavy (non-hydrogen) atoms. The molecule has 1 atom stereocenters. The van der Waals surface area contributed by atoms with Gasteiger partial charge in [0.25, 0.3) is 0 Å². The number of hydrogen-bond donors (Lipinski definition) is 3. The highest BCUT2D eigenvalue weighted by atomic mass is 16.5. The van der Waals surface area contributed by atoms with Crippen molar-refractivity contribution in [1.29, 1.82) is 0 Å². The number of carboxylic acids is 1. The molecule has 0 aliphatic heterocycles. The van der Waals surface area contributed by atoms with Gasteiger partial charge in [0.15, 0.2) is 6.04 Å². The minimum atomic E-state index is -1.14. The molecule has 100 valence electrons. The molecular formula is C10H16N4O4. The van der Waals surface area contributed by atoms with Crippen LogP contribution in [0.4, 0.5) is 4.79 Å². The van der Waals surface area contributed by atoms with E-state index in [-0.39, 0.29) is 6.61 Å². The molecule has 0 radical (unpaired) electrons. The van der Waals surface area contributed by atoms with Gasteiger partial charge < -0.3 is 20.5 Å². The van der Waals surface area contributed by atoms with Crippen LogP contribution < -0.4 is 10.6 Å². The van der Waals surface area contributed by atoms with Crippen LogP contribution in [-0.4, -0.2) is 53.2 Å².